The molecule has 32 heavy (non-hydrogen) atoms. The summed E-state index contributed by atoms with van der Waals surface area (Å²) in [7, 11) is 0. The molecule has 0 spiro atoms. The molecule has 1 N–H and O–H groups in total. The topological polar surface area (TPSA) is 81.3 Å². The third kappa shape index (κ3) is 4.40. The minimum atomic E-state index is -5.91. The SMILES string of the molecule is CC(=O)Nc1ccn2c(=O)c(-c3cnn(CC(F)(F)C(F)(F)F)c3)c(C(F)(F)F)nc2c1. The highest BCUT2D eigenvalue weighted by Crippen LogP contribution is 2.37. The first-order valence-electron chi connectivity index (χ1n) is 8.49. The van der Waals surface area contributed by atoms with Crippen LogP contribution in [0.2, 0.25) is 0 Å². The van der Waals surface area contributed by atoms with Crippen molar-refractivity contribution in [3.8, 4) is 11.1 Å². The number of rotatable bonds is 4. The lowest BCUT2D eigenvalue weighted by atomic mass is 10.1. The van der Waals surface area contributed by atoms with E-state index in [0.29, 0.717) is 16.8 Å². The Labute approximate surface area is 172 Å². The fourth-order valence-electron chi connectivity index (χ4n) is 2.76. The molecule has 15 heteroatoms. The molecule has 0 fully saturated rings. The summed E-state index contributed by atoms with van der Waals surface area (Å²) in [6.45, 7) is -0.853. The molecule has 3 heterocycles. The number of aromatic nitrogens is 4. The molecule has 172 valence electrons. The molecule has 0 bridgehead atoms. The fraction of sp³-hybridized carbons (Fsp3) is 0.294. The van der Waals surface area contributed by atoms with Gasteiger partial charge in [0.05, 0.1) is 11.8 Å². The van der Waals surface area contributed by atoms with Crippen LogP contribution in [0.1, 0.15) is 12.6 Å². The van der Waals surface area contributed by atoms with Gasteiger partial charge in [-0.1, -0.05) is 0 Å². The second-order valence-corrected chi connectivity index (χ2v) is 6.59. The van der Waals surface area contributed by atoms with Crippen LogP contribution in [0.5, 0.6) is 0 Å². The van der Waals surface area contributed by atoms with E-state index in [1.54, 1.807) is 0 Å². The Morgan fingerprint density at radius 2 is 1.78 bits per heavy atom. The van der Waals surface area contributed by atoms with Crippen LogP contribution in [0.3, 0.4) is 0 Å². The molecular weight excluding hydrogens is 458 g/mol. The van der Waals surface area contributed by atoms with E-state index in [4.69, 9.17) is 0 Å². The maximum absolute atomic E-state index is 13.6. The Morgan fingerprint density at radius 1 is 1.12 bits per heavy atom. The molecule has 0 atom stereocenters. The van der Waals surface area contributed by atoms with Crippen molar-refractivity contribution in [2.24, 2.45) is 0 Å². The Morgan fingerprint density at radius 3 is 2.34 bits per heavy atom. The summed E-state index contributed by atoms with van der Waals surface area (Å²) in [6.07, 6.45) is -9.07. The van der Waals surface area contributed by atoms with Gasteiger partial charge in [0.25, 0.3) is 5.56 Å². The highest BCUT2D eigenvalue weighted by atomic mass is 19.4. The van der Waals surface area contributed by atoms with Crippen LogP contribution < -0.4 is 10.9 Å². The Hall–Kier alpha value is -3.52. The zero-order valence-corrected chi connectivity index (χ0v) is 15.7. The number of nitrogens with one attached hydrogen (secondary N) is 1. The van der Waals surface area contributed by atoms with Gasteiger partial charge in [-0.05, 0) is 6.07 Å². The number of amides is 1. The Kier molecular flexibility index (Phi) is 5.47. The molecular formula is C17H11F8N5O2. The van der Waals surface area contributed by atoms with E-state index in [1.165, 1.54) is 6.07 Å². The summed E-state index contributed by atoms with van der Waals surface area (Å²) in [5.74, 6) is -5.74. The molecule has 0 aliphatic heterocycles. The van der Waals surface area contributed by atoms with E-state index in [0.717, 1.165) is 19.2 Å². The maximum Gasteiger partial charge on any atom is 0.455 e. The van der Waals surface area contributed by atoms with Crippen LogP contribution >= 0.6 is 0 Å². The molecule has 0 aliphatic carbocycles. The summed E-state index contributed by atoms with van der Waals surface area (Å²) >= 11 is 0. The molecule has 1 amide bonds. The molecule has 3 aromatic heterocycles. The van der Waals surface area contributed by atoms with Crippen molar-refractivity contribution in [3.63, 3.8) is 0 Å². The van der Waals surface area contributed by atoms with E-state index < -0.39 is 58.8 Å². The summed E-state index contributed by atoms with van der Waals surface area (Å²) < 4.78 is 105. The van der Waals surface area contributed by atoms with Crippen LogP contribution in [-0.2, 0) is 17.5 Å². The number of hydrogen-bond acceptors (Lipinski definition) is 4. The molecule has 0 unspecified atom stereocenters. The molecule has 0 radical (unpaired) electrons. The third-order valence-corrected chi connectivity index (χ3v) is 4.12. The van der Waals surface area contributed by atoms with Crippen molar-refractivity contribution >= 4 is 17.2 Å². The van der Waals surface area contributed by atoms with Crippen molar-refractivity contribution in [3.05, 3.63) is 46.8 Å². The largest absolute Gasteiger partial charge is 0.455 e. The predicted molar refractivity (Wildman–Crippen MR) is 93.0 cm³/mol. The van der Waals surface area contributed by atoms with Gasteiger partial charge in [0.2, 0.25) is 5.91 Å². The minimum Gasteiger partial charge on any atom is -0.326 e. The van der Waals surface area contributed by atoms with Crippen LogP contribution in [0, 0.1) is 0 Å². The molecule has 0 aliphatic rings. The van der Waals surface area contributed by atoms with Gasteiger partial charge in [-0.2, -0.15) is 40.2 Å². The highest BCUT2D eigenvalue weighted by molar-refractivity contribution is 5.89. The van der Waals surface area contributed by atoms with Gasteiger partial charge in [0.1, 0.15) is 12.2 Å². The van der Waals surface area contributed by atoms with Gasteiger partial charge in [-0.25, -0.2) is 4.98 Å². The van der Waals surface area contributed by atoms with Crippen LogP contribution in [0.4, 0.5) is 40.8 Å². The monoisotopic (exact) mass is 469 g/mol. The van der Waals surface area contributed by atoms with Gasteiger partial charge in [-0.3, -0.25) is 18.7 Å². The number of nitrogens with zero attached hydrogens (tertiary/aromatic N) is 4. The Bertz CT molecular complexity index is 1240. The van der Waals surface area contributed by atoms with E-state index in [-0.39, 0.29) is 10.4 Å². The minimum absolute atomic E-state index is 0.0486. The quantitative estimate of drug-likeness (QED) is 0.591. The second kappa shape index (κ2) is 7.56. The number of pyridine rings is 1. The van der Waals surface area contributed by atoms with Crippen LogP contribution in [0.25, 0.3) is 16.8 Å². The summed E-state index contributed by atoms with van der Waals surface area (Å²) in [5, 5.41) is 5.53. The van der Waals surface area contributed by atoms with Gasteiger partial charge < -0.3 is 5.32 Å². The molecule has 3 rings (SSSR count). The van der Waals surface area contributed by atoms with Gasteiger partial charge in [0.15, 0.2) is 5.69 Å². The van der Waals surface area contributed by atoms with E-state index in [1.807, 2.05) is 0 Å². The highest BCUT2D eigenvalue weighted by Gasteiger charge is 2.57. The van der Waals surface area contributed by atoms with Crippen LogP contribution in [0.15, 0.2) is 35.5 Å². The second-order valence-electron chi connectivity index (χ2n) is 6.59. The van der Waals surface area contributed by atoms with Gasteiger partial charge in [-0.15, -0.1) is 0 Å². The van der Waals surface area contributed by atoms with Gasteiger partial charge in [0, 0.05) is 36.6 Å². The summed E-state index contributed by atoms with van der Waals surface area (Å²) in [6, 6.07) is 2.19. The van der Waals surface area contributed by atoms with Crippen molar-refractivity contribution in [2.75, 3.05) is 5.32 Å². The van der Waals surface area contributed by atoms with Crippen molar-refractivity contribution < 1.29 is 39.9 Å². The average molecular weight is 469 g/mol. The standard InChI is InChI=1S/C17H11F8N5O2/c1-8(31)27-10-2-3-30-11(4-10)28-13(16(20,21)22)12(14(30)32)9-5-26-29(6-9)7-15(18,19)17(23,24)25/h2-6H,7H2,1H3,(H,27,31). The first kappa shape index (κ1) is 23.1. The molecule has 7 nitrogen and oxygen atoms in total. The Balaban J connectivity index is 2.16. The van der Waals surface area contributed by atoms with E-state index >= 15 is 0 Å². The summed E-state index contributed by atoms with van der Waals surface area (Å²) in [5.41, 5.74) is -5.18. The smallest absolute Gasteiger partial charge is 0.326 e. The number of anilines is 1. The molecule has 0 aromatic carbocycles. The fourth-order valence-corrected chi connectivity index (χ4v) is 2.76. The zero-order chi connectivity index (χ0) is 24.1. The van der Waals surface area contributed by atoms with Gasteiger partial charge >= 0.3 is 18.3 Å². The number of alkyl halides is 8. The normalized spacial score (nSPS) is 12.9. The maximum atomic E-state index is 13.6. The predicted octanol–water partition coefficient (Wildman–Crippen LogP) is 3.73. The lowest BCUT2D eigenvalue weighted by molar-refractivity contribution is -0.287. The van der Waals surface area contributed by atoms with Crippen molar-refractivity contribution in [1.82, 2.24) is 19.2 Å². The van der Waals surface area contributed by atoms with E-state index in [9.17, 15) is 44.7 Å². The lowest BCUT2D eigenvalue weighted by Gasteiger charge is -2.19. The summed E-state index contributed by atoms with van der Waals surface area (Å²) in [4.78, 5) is 27.3. The molecule has 3 aromatic rings. The van der Waals surface area contributed by atoms with Crippen molar-refractivity contribution in [2.45, 2.75) is 31.7 Å². The zero-order valence-electron chi connectivity index (χ0n) is 15.7. The third-order valence-electron chi connectivity index (χ3n) is 4.12. The molecule has 0 saturated carbocycles. The molecule has 0 saturated heterocycles. The number of halogens is 8. The van der Waals surface area contributed by atoms with Crippen molar-refractivity contribution in [1.29, 1.82) is 0 Å². The number of carbonyl (C=O) groups excluding carboxylic acids is 1. The van der Waals surface area contributed by atoms with Crippen LogP contribution in [-0.4, -0.2) is 37.2 Å². The number of fused-ring (bicyclic) bond motifs is 1. The first-order valence-corrected chi connectivity index (χ1v) is 8.49. The first-order chi connectivity index (χ1) is 14.6. The van der Waals surface area contributed by atoms with E-state index in [2.05, 4.69) is 15.4 Å². The number of carbonyl (C=O) groups is 1. The lowest BCUT2D eigenvalue weighted by Crippen LogP contribution is -2.40. The number of hydrogen-bond donors (Lipinski definition) is 1. The average Bonchev–Trinajstić information content (AvgIpc) is 3.06.